The van der Waals surface area contributed by atoms with Crippen LogP contribution in [-0.2, 0) is 23.9 Å². The fourth-order valence-corrected chi connectivity index (χ4v) is 3.41. The minimum Gasteiger partial charge on any atom is -0.324 e. The third kappa shape index (κ3) is 2.92. The first kappa shape index (κ1) is 18.5. The molecule has 2 N–H and O–H groups in total. The summed E-state index contributed by atoms with van der Waals surface area (Å²) in [5, 5.41) is 8.17. The lowest BCUT2D eigenvalue weighted by molar-refractivity contribution is -0.137. The van der Waals surface area contributed by atoms with Crippen molar-refractivity contribution in [2.45, 2.75) is 19.1 Å². The molecule has 3 aromatic rings. The van der Waals surface area contributed by atoms with Crippen molar-refractivity contribution in [3.63, 3.8) is 0 Å². The minimum atomic E-state index is -4.58. The van der Waals surface area contributed by atoms with Crippen LogP contribution in [0, 0.1) is 0 Å². The van der Waals surface area contributed by atoms with Gasteiger partial charge >= 0.3 is 6.18 Å². The van der Waals surface area contributed by atoms with E-state index in [9.17, 15) is 18.0 Å². The monoisotopic (exact) mass is 407 g/mol. The number of amides is 1. The second-order valence-electron chi connectivity index (χ2n) is 6.13. The lowest BCUT2D eigenvalue weighted by Gasteiger charge is -2.25. The molecule has 0 spiro atoms. The lowest BCUT2D eigenvalue weighted by Crippen LogP contribution is -2.27. The van der Waals surface area contributed by atoms with E-state index in [0.29, 0.717) is 17.3 Å². The Labute approximate surface area is 162 Å². The first-order valence-electron chi connectivity index (χ1n) is 8.23. The molecular formula is C18H13ClF3N5O. The van der Waals surface area contributed by atoms with Crippen molar-refractivity contribution in [2.24, 2.45) is 5.73 Å². The highest BCUT2D eigenvalue weighted by molar-refractivity contribution is 6.34. The highest BCUT2D eigenvalue weighted by atomic mass is 35.5. The minimum absolute atomic E-state index is 0.00768. The first-order valence-corrected chi connectivity index (χ1v) is 8.61. The van der Waals surface area contributed by atoms with Crippen molar-refractivity contribution in [2.75, 3.05) is 4.90 Å². The molecule has 1 aromatic heterocycles. The van der Waals surface area contributed by atoms with Crippen LogP contribution in [0.25, 0.3) is 5.69 Å². The number of alkyl halides is 3. The zero-order chi connectivity index (χ0) is 20.1. The first-order chi connectivity index (χ1) is 13.3. The molecular weight excluding hydrogens is 395 g/mol. The van der Waals surface area contributed by atoms with Gasteiger partial charge in [0.1, 0.15) is 5.82 Å². The maximum atomic E-state index is 13.4. The van der Waals surface area contributed by atoms with Gasteiger partial charge in [-0.2, -0.15) is 13.2 Å². The van der Waals surface area contributed by atoms with Gasteiger partial charge < -0.3 is 5.73 Å². The van der Waals surface area contributed by atoms with Gasteiger partial charge in [0.05, 0.1) is 40.6 Å². The van der Waals surface area contributed by atoms with Crippen LogP contribution in [0.3, 0.4) is 0 Å². The van der Waals surface area contributed by atoms with Crippen molar-refractivity contribution in [3.8, 4) is 5.69 Å². The van der Waals surface area contributed by atoms with Gasteiger partial charge in [-0.25, -0.2) is 0 Å². The van der Waals surface area contributed by atoms with E-state index in [2.05, 4.69) is 10.2 Å². The van der Waals surface area contributed by atoms with E-state index in [0.717, 1.165) is 12.1 Å². The van der Waals surface area contributed by atoms with E-state index in [1.54, 1.807) is 24.3 Å². The van der Waals surface area contributed by atoms with Crippen LogP contribution in [0.5, 0.6) is 0 Å². The van der Waals surface area contributed by atoms with Crippen molar-refractivity contribution in [1.29, 1.82) is 0 Å². The van der Waals surface area contributed by atoms with Crippen LogP contribution in [0.1, 0.15) is 17.2 Å². The molecule has 6 nitrogen and oxygen atoms in total. The van der Waals surface area contributed by atoms with Gasteiger partial charge in [-0.15, -0.1) is 10.2 Å². The molecule has 0 aliphatic carbocycles. The molecule has 4 rings (SSSR count). The Bertz CT molecular complexity index is 1080. The molecule has 2 heterocycles. The Balaban J connectivity index is 2.04. The lowest BCUT2D eigenvalue weighted by atomic mass is 10.1. The molecule has 0 bridgehead atoms. The maximum absolute atomic E-state index is 13.4. The molecule has 10 heteroatoms. The molecule has 1 amide bonds. The van der Waals surface area contributed by atoms with Crippen molar-refractivity contribution in [1.82, 2.24) is 14.8 Å². The number of carbonyl (C=O) groups is 1. The highest BCUT2D eigenvalue weighted by Gasteiger charge is 2.35. The van der Waals surface area contributed by atoms with Crippen LogP contribution in [0.4, 0.5) is 24.5 Å². The molecule has 144 valence electrons. The Morgan fingerprint density at radius 1 is 1.07 bits per heavy atom. The summed E-state index contributed by atoms with van der Waals surface area (Å²) in [5.41, 5.74) is 5.45. The fraction of sp³-hybridized carbons (Fsp3) is 0.167. The van der Waals surface area contributed by atoms with E-state index >= 15 is 0 Å². The van der Waals surface area contributed by atoms with Gasteiger partial charge in [0, 0.05) is 0 Å². The van der Waals surface area contributed by atoms with Gasteiger partial charge in [0.15, 0.2) is 5.82 Å². The number of anilines is 2. The summed E-state index contributed by atoms with van der Waals surface area (Å²) in [6.45, 7) is 0.00768. The number of fused-ring (bicyclic) bond motifs is 3. The van der Waals surface area contributed by atoms with Crippen LogP contribution in [0.2, 0.25) is 5.02 Å². The summed E-state index contributed by atoms with van der Waals surface area (Å²) in [7, 11) is 0. The van der Waals surface area contributed by atoms with Gasteiger partial charge in [0.25, 0.3) is 0 Å². The Morgan fingerprint density at radius 3 is 2.50 bits per heavy atom. The van der Waals surface area contributed by atoms with E-state index in [1.807, 2.05) is 0 Å². The number of benzene rings is 2. The van der Waals surface area contributed by atoms with Crippen LogP contribution < -0.4 is 10.6 Å². The highest BCUT2D eigenvalue weighted by Crippen LogP contribution is 2.41. The summed E-state index contributed by atoms with van der Waals surface area (Å²) in [5.74, 6) is 0.147. The zero-order valence-electron chi connectivity index (χ0n) is 14.2. The number of nitrogens with zero attached hydrogens (tertiary/aromatic N) is 4. The van der Waals surface area contributed by atoms with Gasteiger partial charge in [-0.05, 0) is 30.3 Å². The summed E-state index contributed by atoms with van der Waals surface area (Å²) >= 11 is 6.25. The summed E-state index contributed by atoms with van der Waals surface area (Å²) < 4.78 is 41.6. The van der Waals surface area contributed by atoms with E-state index in [1.165, 1.54) is 15.5 Å². The van der Waals surface area contributed by atoms with Crippen molar-refractivity contribution in [3.05, 3.63) is 64.7 Å². The molecule has 0 unspecified atom stereocenters. The smallest absolute Gasteiger partial charge is 0.324 e. The van der Waals surface area contributed by atoms with E-state index < -0.39 is 17.6 Å². The fourth-order valence-electron chi connectivity index (χ4n) is 3.19. The second kappa shape index (κ2) is 6.61. The van der Waals surface area contributed by atoms with Crippen LogP contribution >= 0.6 is 11.6 Å². The number of nitrogens with two attached hydrogens (primary N) is 1. The molecule has 28 heavy (non-hydrogen) atoms. The predicted molar refractivity (Wildman–Crippen MR) is 96.6 cm³/mol. The molecule has 0 fully saturated rings. The number of para-hydroxylation sites is 1. The number of rotatable bonds is 2. The van der Waals surface area contributed by atoms with E-state index in [4.69, 9.17) is 17.3 Å². The number of hydrogen-bond donors (Lipinski definition) is 1. The average Bonchev–Trinajstić information content (AvgIpc) is 3.00. The summed E-state index contributed by atoms with van der Waals surface area (Å²) in [6, 6.07) is 9.61. The summed E-state index contributed by atoms with van der Waals surface area (Å²) in [6.07, 6.45) is -4.75. The average molecular weight is 408 g/mol. The molecule has 0 radical (unpaired) electrons. The van der Waals surface area contributed by atoms with Crippen LogP contribution in [-0.4, -0.2) is 20.7 Å². The quantitative estimate of drug-likeness (QED) is 0.704. The van der Waals surface area contributed by atoms with Crippen molar-refractivity contribution < 1.29 is 18.0 Å². The normalized spacial score (nSPS) is 13.9. The Morgan fingerprint density at radius 2 is 1.82 bits per heavy atom. The van der Waals surface area contributed by atoms with Crippen LogP contribution in [0.15, 0.2) is 42.5 Å². The third-order valence-electron chi connectivity index (χ3n) is 4.42. The standard InChI is InChI=1S/C18H13ClF3N5O/c19-11-3-1-2-4-12(11)26-14-7-10(18(20,21)22)5-6-13(14)27-15(8-17(26)28)24-25-16(27)9-23/h1-7H,8-9,23H2. The number of halogens is 4. The van der Waals surface area contributed by atoms with Crippen molar-refractivity contribution >= 4 is 28.9 Å². The number of carbonyl (C=O) groups excluding carboxylic acids is 1. The number of aromatic nitrogens is 3. The second-order valence-corrected chi connectivity index (χ2v) is 6.54. The Kier molecular flexibility index (Phi) is 4.35. The third-order valence-corrected chi connectivity index (χ3v) is 4.74. The predicted octanol–water partition coefficient (Wildman–Crippen LogP) is 3.62. The Hall–Kier alpha value is -2.91. The molecule has 0 saturated heterocycles. The summed E-state index contributed by atoms with van der Waals surface area (Å²) in [4.78, 5) is 14.2. The van der Waals surface area contributed by atoms with Gasteiger partial charge in [0.2, 0.25) is 5.91 Å². The van der Waals surface area contributed by atoms with Gasteiger partial charge in [-0.1, -0.05) is 23.7 Å². The zero-order valence-corrected chi connectivity index (χ0v) is 15.0. The van der Waals surface area contributed by atoms with E-state index in [-0.39, 0.29) is 29.4 Å². The SMILES string of the molecule is NCc1nnc2n1-c1ccc(C(F)(F)F)cc1N(c1ccccc1Cl)C(=O)C2. The van der Waals surface area contributed by atoms with Gasteiger partial charge in [-0.3, -0.25) is 14.3 Å². The largest absolute Gasteiger partial charge is 0.416 e. The molecule has 1 aliphatic rings. The number of hydrogen-bond acceptors (Lipinski definition) is 4. The molecule has 0 atom stereocenters. The maximum Gasteiger partial charge on any atom is 0.416 e. The molecule has 0 saturated carbocycles. The topological polar surface area (TPSA) is 77.0 Å². The molecule has 2 aromatic carbocycles. The molecule has 1 aliphatic heterocycles.